The SMILES string of the molecule is C[C@@H](NC(=O)[C@H](C)N1C(=O)c2ccccc2C1=O)c1ccccc1. The van der Waals surface area contributed by atoms with Crippen molar-refractivity contribution in [3.8, 4) is 0 Å². The molecule has 1 aliphatic heterocycles. The van der Waals surface area contributed by atoms with Crippen molar-refractivity contribution in [1.29, 1.82) is 0 Å². The summed E-state index contributed by atoms with van der Waals surface area (Å²) in [5.74, 6) is -1.21. The standard InChI is InChI=1S/C19H18N2O3/c1-12(14-8-4-3-5-9-14)20-17(22)13(2)21-18(23)15-10-6-7-11-16(15)19(21)24/h3-13H,1-2H3,(H,20,22)/t12-,13+/m1/s1. The molecule has 1 heterocycles. The van der Waals surface area contributed by atoms with Crippen molar-refractivity contribution in [2.24, 2.45) is 0 Å². The minimum Gasteiger partial charge on any atom is -0.348 e. The van der Waals surface area contributed by atoms with Crippen LogP contribution in [0.25, 0.3) is 0 Å². The molecule has 1 aliphatic rings. The van der Waals surface area contributed by atoms with E-state index in [0.29, 0.717) is 11.1 Å². The molecule has 0 saturated heterocycles. The van der Waals surface area contributed by atoms with Gasteiger partial charge in [-0.2, -0.15) is 0 Å². The van der Waals surface area contributed by atoms with E-state index in [1.807, 2.05) is 37.3 Å². The fourth-order valence-electron chi connectivity index (χ4n) is 2.84. The Kier molecular flexibility index (Phi) is 4.16. The van der Waals surface area contributed by atoms with Crippen LogP contribution in [0.5, 0.6) is 0 Å². The van der Waals surface area contributed by atoms with E-state index in [1.165, 1.54) is 0 Å². The van der Waals surface area contributed by atoms with Crippen molar-refractivity contribution in [2.45, 2.75) is 25.9 Å². The lowest BCUT2D eigenvalue weighted by Gasteiger charge is -2.24. The zero-order valence-electron chi connectivity index (χ0n) is 13.5. The van der Waals surface area contributed by atoms with Crippen LogP contribution in [-0.2, 0) is 4.79 Å². The Hall–Kier alpha value is -2.95. The summed E-state index contributed by atoms with van der Waals surface area (Å²) in [7, 11) is 0. The predicted molar refractivity (Wildman–Crippen MR) is 89.4 cm³/mol. The zero-order valence-corrected chi connectivity index (χ0v) is 13.5. The molecule has 2 aromatic rings. The highest BCUT2D eigenvalue weighted by Gasteiger charge is 2.40. The molecule has 0 aliphatic carbocycles. The van der Waals surface area contributed by atoms with Gasteiger partial charge in [0.25, 0.3) is 11.8 Å². The van der Waals surface area contributed by atoms with E-state index in [-0.39, 0.29) is 11.9 Å². The lowest BCUT2D eigenvalue weighted by Crippen LogP contribution is -2.48. The highest BCUT2D eigenvalue weighted by atomic mass is 16.2. The van der Waals surface area contributed by atoms with Crippen molar-refractivity contribution in [3.63, 3.8) is 0 Å². The molecule has 5 nitrogen and oxygen atoms in total. The molecule has 122 valence electrons. The maximum absolute atomic E-state index is 12.5. The highest BCUT2D eigenvalue weighted by Crippen LogP contribution is 2.24. The number of rotatable bonds is 4. The van der Waals surface area contributed by atoms with Gasteiger partial charge in [-0.05, 0) is 31.5 Å². The van der Waals surface area contributed by atoms with Gasteiger partial charge in [0.15, 0.2) is 0 Å². The van der Waals surface area contributed by atoms with E-state index in [9.17, 15) is 14.4 Å². The third kappa shape index (κ3) is 2.69. The van der Waals surface area contributed by atoms with Crippen LogP contribution in [0.1, 0.15) is 46.2 Å². The second kappa shape index (κ2) is 6.28. The van der Waals surface area contributed by atoms with Crippen molar-refractivity contribution in [3.05, 3.63) is 71.3 Å². The summed E-state index contributed by atoms with van der Waals surface area (Å²) in [4.78, 5) is 38.4. The van der Waals surface area contributed by atoms with Crippen LogP contribution in [0.2, 0.25) is 0 Å². The number of imide groups is 1. The monoisotopic (exact) mass is 322 g/mol. The van der Waals surface area contributed by atoms with Gasteiger partial charge in [-0.3, -0.25) is 19.3 Å². The second-order valence-electron chi connectivity index (χ2n) is 5.84. The number of nitrogens with zero attached hydrogens (tertiary/aromatic N) is 1. The Morgan fingerprint density at radius 3 is 1.92 bits per heavy atom. The van der Waals surface area contributed by atoms with Crippen molar-refractivity contribution in [1.82, 2.24) is 10.2 Å². The maximum atomic E-state index is 12.5. The van der Waals surface area contributed by atoms with Crippen LogP contribution in [0.3, 0.4) is 0 Å². The third-order valence-electron chi connectivity index (χ3n) is 4.25. The first-order valence-corrected chi connectivity index (χ1v) is 7.83. The van der Waals surface area contributed by atoms with Gasteiger partial charge in [-0.25, -0.2) is 0 Å². The van der Waals surface area contributed by atoms with E-state index >= 15 is 0 Å². The zero-order chi connectivity index (χ0) is 17.3. The Bertz CT molecular complexity index is 766. The maximum Gasteiger partial charge on any atom is 0.262 e. The summed E-state index contributed by atoms with van der Waals surface area (Å²) in [6, 6.07) is 15.1. The van der Waals surface area contributed by atoms with Crippen LogP contribution in [0.15, 0.2) is 54.6 Å². The van der Waals surface area contributed by atoms with Crippen LogP contribution in [0, 0.1) is 0 Å². The third-order valence-corrected chi connectivity index (χ3v) is 4.25. The summed E-state index contributed by atoms with van der Waals surface area (Å²) < 4.78 is 0. The van der Waals surface area contributed by atoms with E-state index < -0.39 is 17.9 Å². The van der Waals surface area contributed by atoms with Crippen LogP contribution < -0.4 is 5.32 Å². The molecule has 5 heteroatoms. The van der Waals surface area contributed by atoms with Crippen molar-refractivity contribution < 1.29 is 14.4 Å². The normalized spacial score (nSPS) is 15.8. The molecule has 0 unspecified atom stereocenters. The minimum atomic E-state index is -0.872. The molecule has 2 atom stereocenters. The number of hydrogen-bond donors (Lipinski definition) is 1. The summed E-state index contributed by atoms with van der Waals surface area (Å²) in [6.45, 7) is 3.43. The lowest BCUT2D eigenvalue weighted by atomic mass is 10.1. The van der Waals surface area contributed by atoms with Crippen LogP contribution >= 0.6 is 0 Å². The fourth-order valence-corrected chi connectivity index (χ4v) is 2.84. The first-order valence-electron chi connectivity index (χ1n) is 7.83. The van der Waals surface area contributed by atoms with Gasteiger partial charge in [0, 0.05) is 0 Å². The summed E-state index contributed by atoms with van der Waals surface area (Å²) in [6.07, 6.45) is 0. The Labute approximate surface area is 140 Å². The number of carbonyl (C=O) groups excluding carboxylic acids is 3. The molecule has 3 amide bonds. The quantitative estimate of drug-likeness (QED) is 0.880. The van der Waals surface area contributed by atoms with Gasteiger partial charge in [-0.15, -0.1) is 0 Å². The number of hydrogen-bond acceptors (Lipinski definition) is 3. The number of amides is 3. The Morgan fingerprint density at radius 2 is 1.38 bits per heavy atom. The number of benzene rings is 2. The molecule has 0 spiro atoms. The molecule has 0 bridgehead atoms. The van der Waals surface area contributed by atoms with Gasteiger partial charge in [0.2, 0.25) is 5.91 Å². The smallest absolute Gasteiger partial charge is 0.262 e. The largest absolute Gasteiger partial charge is 0.348 e. The molecule has 24 heavy (non-hydrogen) atoms. The molecule has 0 radical (unpaired) electrons. The van der Waals surface area contributed by atoms with E-state index in [1.54, 1.807) is 31.2 Å². The number of carbonyl (C=O) groups is 3. The topological polar surface area (TPSA) is 66.5 Å². The Morgan fingerprint density at radius 1 is 0.875 bits per heavy atom. The molecule has 0 fully saturated rings. The number of nitrogens with one attached hydrogen (secondary N) is 1. The van der Waals surface area contributed by atoms with Gasteiger partial charge < -0.3 is 5.32 Å². The minimum absolute atomic E-state index is 0.212. The number of fused-ring (bicyclic) bond motifs is 1. The van der Waals surface area contributed by atoms with Crippen LogP contribution in [0.4, 0.5) is 0 Å². The first-order chi connectivity index (χ1) is 11.5. The van der Waals surface area contributed by atoms with Crippen molar-refractivity contribution >= 4 is 17.7 Å². The molecule has 2 aromatic carbocycles. The lowest BCUT2D eigenvalue weighted by molar-refractivity contribution is -0.125. The molecule has 3 rings (SSSR count). The average Bonchev–Trinajstić information content (AvgIpc) is 2.86. The Balaban J connectivity index is 1.75. The van der Waals surface area contributed by atoms with Gasteiger partial charge in [0.05, 0.1) is 17.2 Å². The van der Waals surface area contributed by atoms with Crippen LogP contribution in [-0.4, -0.2) is 28.7 Å². The molecular weight excluding hydrogens is 304 g/mol. The molecule has 1 N–H and O–H groups in total. The summed E-state index contributed by atoms with van der Waals surface area (Å²) in [5.41, 5.74) is 1.65. The summed E-state index contributed by atoms with van der Waals surface area (Å²) in [5, 5.41) is 2.86. The van der Waals surface area contributed by atoms with E-state index in [2.05, 4.69) is 5.32 Å². The molecular formula is C19H18N2O3. The first kappa shape index (κ1) is 15.9. The molecule has 0 aromatic heterocycles. The van der Waals surface area contributed by atoms with E-state index in [0.717, 1.165) is 10.5 Å². The summed E-state index contributed by atoms with van der Waals surface area (Å²) >= 11 is 0. The average molecular weight is 322 g/mol. The second-order valence-corrected chi connectivity index (χ2v) is 5.84. The fraction of sp³-hybridized carbons (Fsp3) is 0.211. The highest BCUT2D eigenvalue weighted by molar-refractivity contribution is 6.22. The van der Waals surface area contributed by atoms with Gasteiger partial charge >= 0.3 is 0 Å². The van der Waals surface area contributed by atoms with E-state index in [4.69, 9.17) is 0 Å². The predicted octanol–water partition coefficient (Wildman–Crippen LogP) is 2.55. The van der Waals surface area contributed by atoms with Gasteiger partial charge in [-0.1, -0.05) is 42.5 Å². The molecule has 0 saturated carbocycles. The van der Waals surface area contributed by atoms with Gasteiger partial charge in [0.1, 0.15) is 6.04 Å². The van der Waals surface area contributed by atoms with Crippen molar-refractivity contribution in [2.75, 3.05) is 0 Å².